The van der Waals surface area contributed by atoms with Gasteiger partial charge in [0, 0.05) is 0 Å². The van der Waals surface area contributed by atoms with Gasteiger partial charge in [0.05, 0.1) is 13.2 Å². The third-order valence-corrected chi connectivity index (χ3v) is 5.64. The van der Waals surface area contributed by atoms with Crippen LogP contribution in [0.3, 0.4) is 0 Å². The van der Waals surface area contributed by atoms with Crippen LogP contribution in [0.5, 0.6) is 0 Å². The Morgan fingerprint density at radius 3 is 1.82 bits per heavy atom. The Bertz CT molecular complexity index is 245. The van der Waals surface area contributed by atoms with Crippen molar-refractivity contribution < 1.29 is 22.7 Å². The highest BCUT2D eigenvalue weighted by Crippen LogP contribution is 2.55. The molecule has 17 heavy (non-hydrogen) atoms. The van der Waals surface area contributed by atoms with Crippen LogP contribution in [-0.2, 0) is 22.7 Å². The van der Waals surface area contributed by atoms with Crippen LogP contribution in [-0.4, -0.2) is 25.7 Å². The molecule has 0 fully saturated rings. The zero-order valence-corrected chi connectivity index (χ0v) is 12.7. The van der Waals surface area contributed by atoms with Gasteiger partial charge in [-0.15, -0.1) is 4.52 Å². The van der Waals surface area contributed by atoms with E-state index < -0.39 is 15.6 Å². The summed E-state index contributed by atoms with van der Waals surface area (Å²) in [6.45, 7) is 6.84. The van der Waals surface area contributed by atoms with Gasteiger partial charge in [0.15, 0.2) is 0 Å². The first kappa shape index (κ1) is 17.2. The smallest absolute Gasteiger partial charge is 0.306 e. The molecule has 0 aliphatic carbocycles. The molecule has 0 amide bonds. The summed E-state index contributed by atoms with van der Waals surface area (Å²) in [5.41, 5.74) is 0. The standard InChI is InChI=1S/C10H23O5P2/c1-4-7-13-16(11)10-17(12,14-8-5-2)15-9-6-3/h4-10H2,1-3H3/q+1. The van der Waals surface area contributed by atoms with Gasteiger partial charge >= 0.3 is 15.6 Å². The van der Waals surface area contributed by atoms with E-state index in [2.05, 4.69) is 0 Å². The minimum atomic E-state index is -3.26. The molecule has 102 valence electrons. The molecule has 0 saturated carbocycles. The van der Waals surface area contributed by atoms with Crippen molar-refractivity contribution in [3.63, 3.8) is 0 Å². The second-order valence-electron chi connectivity index (χ2n) is 3.58. The lowest BCUT2D eigenvalue weighted by Crippen LogP contribution is -2.01. The molecule has 0 bridgehead atoms. The lowest BCUT2D eigenvalue weighted by molar-refractivity contribution is 0.207. The Balaban J connectivity index is 4.25. The van der Waals surface area contributed by atoms with Crippen molar-refractivity contribution in [2.45, 2.75) is 40.0 Å². The van der Waals surface area contributed by atoms with Crippen LogP contribution in [0.1, 0.15) is 40.0 Å². The molecule has 1 unspecified atom stereocenters. The van der Waals surface area contributed by atoms with Crippen LogP contribution in [0, 0.1) is 0 Å². The number of rotatable bonds is 11. The Morgan fingerprint density at radius 1 is 0.941 bits per heavy atom. The third kappa shape index (κ3) is 8.87. The first-order chi connectivity index (χ1) is 8.08. The zero-order valence-electron chi connectivity index (χ0n) is 10.9. The molecular formula is C10H23O5P2+. The van der Waals surface area contributed by atoms with Crippen LogP contribution in [0.2, 0.25) is 0 Å². The van der Waals surface area contributed by atoms with Gasteiger partial charge in [0.1, 0.15) is 6.61 Å². The van der Waals surface area contributed by atoms with Gasteiger partial charge in [0.25, 0.3) is 5.90 Å². The molecule has 0 radical (unpaired) electrons. The topological polar surface area (TPSA) is 61.8 Å². The summed E-state index contributed by atoms with van der Waals surface area (Å²) in [5.74, 6) is -0.150. The molecule has 0 aromatic heterocycles. The van der Waals surface area contributed by atoms with Crippen LogP contribution in [0.25, 0.3) is 0 Å². The second kappa shape index (κ2) is 10.2. The first-order valence-corrected chi connectivity index (χ1v) is 9.12. The molecule has 0 aliphatic heterocycles. The van der Waals surface area contributed by atoms with Gasteiger partial charge in [-0.05, 0) is 23.8 Å². The lowest BCUT2D eigenvalue weighted by atomic mass is 10.5. The van der Waals surface area contributed by atoms with Crippen LogP contribution in [0.15, 0.2) is 0 Å². The van der Waals surface area contributed by atoms with Crippen LogP contribution < -0.4 is 0 Å². The predicted molar refractivity (Wildman–Crippen MR) is 68.8 cm³/mol. The summed E-state index contributed by atoms with van der Waals surface area (Å²) in [6, 6.07) is 0. The van der Waals surface area contributed by atoms with E-state index in [1.54, 1.807) is 0 Å². The molecule has 0 aliphatic rings. The van der Waals surface area contributed by atoms with Crippen molar-refractivity contribution in [2.75, 3.05) is 25.7 Å². The average molecular weight is 285 g/mol. The summed E-state index contributed by atoms with van der Waals surface area (Å²) in [7, 11) is -5.23. The molecule has 0 spiro atoms. The normalized spacial score (nSPS) is 12.8. The second-order valence-corrected chi connectivity index (χ2v) is 7.38. The van der Waals surface area contributed by atoms with Crippen molar-refractivity contribution in [1.29, 1.82) is 0 Å². The zero-order chi connectivity index (χ0) is 13.1. The van der Waals surface area contributed by atoms with Gasteiger partial charge in [0.2, 0.25) is 0 Å². The summed E-state index contributed by atoms with van der Waals surface area (Å²) >= 11 is 0. The molecule has 0 saturated heterocycles. The first-order valence-electron chi connectivity index (χ1n) is 6.03. The number of hydrogen-bond acceptors (Lipinski definition) is 5. The molecule has 7 heteroatoms. The monoisotopic (exact) mass is 285 g/mol. The summed E-state index contributed by atoms with van der Waals surface area (Å²) in [6.07, 6.45) is 2.26. The van der Waals surface area contributed by atoms with E-state index in [0.29, 0.717) is 19.8 Å². The van der Waals surface area contributed by atoms with E-state index in [0.717, 1.165) is 19.3 Å². The van der Waals surface area contributed by atoms with Crippen LogP contribution >= 0.6 is 15.6 Å². The third-order valence-electron chi connectivity index (χ3n) is 1.71. The van der Waals surface area contributed by atoms with Crippen molar-refractivity contribution in [3.8, 4) is 0 Å². The van der Waals surface area contributed by atoms with Gasteiger partial charge in [-0.1, -0.05) is 20.8 Å². The Morgan fingerprint density at radius 2 is 1.41 bits per heavy atom. The Kier molecular flexibility index (Phi) is 10.3. The SMILES string of the molecule is CCCO[P+](=O)CP(=O)(OCCC)OCCC. The van der Waals surface area contributed by atoms with E-state index >= 15 is 0 Å². The fraction of sp³-hybridized carbons (Fsp3) is 1.00. The maximum atomic E-state index is 12.2. The maximum Gasteiger partial charge on any atom is 0.521 e. The van der Waals surface area contributed by atoms with Crippen molar-refractivity contribution in [1.82, 2.24) is 0 Å². The summed E-state index contributed by atoms with van der Waals surface area (Å²) in [5, 5.41) is 0. The van der Waals surface area contributed by atoms with E-state index in [1.807, 2.05) is 20.8 Å². The van der Waals surface area contributed by atoms with Crippen molar-refractivity contribution in [2.24, 2.45) is 0 Å². The fourth-order valence-corrected chi connectivity index (χ4v) is 4.45. The van der Waals surface area contributed by atoms with Gasteiger partial charge in [-0.2, -0.15) is 0 Å². The summed E-state index contributed by atoms with van der Waals surface area (Å²) in [4.78, 5) is 0. The minimum absolute atomic E-state index is 0.150. The van der Waals surface area contributed by atoms with Crippen LogP contribution in [0.4, 0.5) is 0 Å². The van der Waals surface area contributed by atoms with E-state index in [9.17, 15) is 9.13 Å². The minimum Gasteiger partial charge on any atom is -0.306 e. The highest BCUT2D eigenvalue weighted by atomic mass is 31.2. The predicted octanol–water partition coefficient (Wildman–Crippen LogP) is 4.16. The number of hydrogen-bond donors (Lipinski definition) is 0. The fourth-order valence-electron chi connectivity index (χ4n) is 0.955. The van der Waals surface area contributed by atoms with Crippen molar-refractivity contribution in [3.05, 3.63) is 0 Å². The molecule has 1 atom stereocenters. The molecule has 0 heterocycles. The molecule has 0 N–H and O–H groups in total. The van der Waals surface area contributed by atoms with E-state index in [4.69, 9.17) is 13.6 Å². The average Bonchev–Trinajstić information content (AvgIpc) is 2.31. The molecule has 0 rings (SSSR count). The van der Waals surface area contributed by atoms with E-state index in [1.165, 1.54) is 0 Å². The highest BCUT2D eigenvalue weighted by Gasteiger charge is 2.37. The Labute approximate surface area is 105 Å². The maximum absolute atomic E-state index is 12.2. The largest absolute Gasteiger partial charge is 0.521 e. The molecule has 0 aromatic carbocycles. The van der Waals surface area contributed by atoms with E-state index in [-0.39, 0.29) is 5.90 Å². The highest BCUT2D eigenvalue weighted by molar-refractivity contribution is 7.65. The van der Waals surface area contributed by atoms with Gasteiger partial charge in [-0.25, -0.2) is 0 Å². The lowest BCUT2D eigenvalue weighted by Gasteiger charge is -2.13. The quantitative estimate of drug-likeness (QED) is 0.533. The van der Waals surface area contributed by atoms with Crippen molar-refractivity contribution >= 4 is 15.6 Å². The van der Waals surface area contributed by atoms with Gasteiger partial charge < -0.3 is 9.05 Å². The molecule has 0 aromatic rings. The summed E-state index contributed by atoms with van der Waals surface area (Å²) < 4.78 is 39.2. The Hall–Kier alpha value is 0.210. The molecule has 5 nitrogen and oxygen atoms in total. The van der Waals surface area contributed by atoms with Gasteiger partial charge in [-0.3, -0.25) is 4.57 Å². The molecular weight excluding hydrogens is 262 g/mol.